The molecular weight excluding hydrogens is 314 g/mol. The normalized spacial score (nSPS) is 18.3. The number of fused-ring (bicyclic) bond motifs is 1. The molecule has 1 amide bonds. The van der Waals surface area contributed by atoms with Crippen molar-refractivity contribution in [1.29, 1.82) is 0 Å². The van der Waals surface area contributed by atoms with Crippen LogP contribution in [-0.2, 0) is 18.3 Å². The molecule has 0 N–H and O–H groups in total. The molecule has 2 aliphatic heterocycles. The first kappa shape index (κ1) is 16.1. The molecule has 4 rings (SSSR count). The maximum absolute atomic E-state index is 12.8. The van der Waals surface area contributed by atoms with E-state index in [1.54, 1.807) is 0 Å². The summed E-state index contributed by atoms with van der Waals surface area (Å²) in [7, 11) is 2.02. The highest BCUT2D eigenvalue weighted by molar-refractivity contribution is 5.96. The zero-order chi connectivity index (χ0) is 17.2. The Bertz CT molecular complexity index is 748. The van der Waals surface area contributed by atoms with Gasteiger partial charge in [0.2, 0.25) is 11.9 Å². The van der Waals surface area contributed by atoms with Crippen LogP contribution in [0, 0.1) is 0 Å². The van der Waals surface area contributed by atoms with Crippen molar-refractivity contribution in [3.63, 3.8) is 0 Å². The van der Waals surface area contributed by atoms with Crippen molar-refractivity contribution < 1.29 is 4.79 Å². The van der Waals surface area contributed by atoms with E-state index in [2.05, 4.69) is 33.0 Å². The highest BCUT2D eigenvalue weighted by Crippen LogP contribution is 2.26. The van der Waals surface area contributed by atoms with Crippen molar-refractivity contribution in [2.24, 2.45) is 7.05 Å². The van der Waals surface area contributed by atoms with Crippen LogP contribution in [0.3, 0.4) is 0 Å². The zero-order valence-electron chi connectivity index (χ0n) is 14.8. The average molecular weight is 339 g/mol. The van der Waals surface area contributed by atoms with Gasteiger partial charge in [-0.3, -0.25) is 9.69 Å². The molecule has 1 fully saturated rings. The summed E-state index contributed by atoms with van der Waals surface area (Å²) in [5, 5.41) is 0. The van der Waals surface area contributed by atoms with Crippen molar-refractivity contribution >= 4 is 17.5 Å². The summed E-state index contributed by atoms with van der Waals surface area (Å²) in [6, 6.07) is 8.30. The van der Waals surface area contributed by atoms with Gasteiger partial charge < -0.3 is 14.4 Å². The van der Waals surface area contributed by atoms with E-state index in [0.717, 1.165) is 57.2 Å². The van der Waals surface area contributed by atoms with E-state index < -0.39 is 0 Å². The van der Waals surface area contributed by atoms with Crippen LogP contribution < -0.4 is 9.80 Å². The second-order valence-corrected chi connectivity index (χ2v) is 6.88. The zero-order valence-corrected chi connectivity index (χ0v) is 14.8. The lowest BCUT2D eigenvalue weighted by Gasteiger charge is -2.36. The maximum Gasteiger partial charge on any atom is 0.241 e. The Kier molecular flexibility index (Phi) is 4.44. The van der Waals surface area contributed by atoms with Gasteiger partial charge in [-0.05, 0) is 24.5 Å². The van der Waals surface area contributed by atoms with Gasteiger partial charge in [-0.15, -0.1) is 0 Å². The number of piperazine rings is 1. The van der Waals surface area contributed by atoms with Crippen molar-refractivity contribution in [3.05, 3.63) is 42.2 Å². The number of amides is 1. The quantitative estimate of drug-likeness (QED) is 0.851. The van der Waals surface area contributed by atoms with Crippen LogP contribution in [0.15, 0.2) is 36.7 Å². The number of benzene rings is 1. The number of imidazole rings is 1. The van der Waals surface area contributed by atoms with Crippen molar-refractivity contribution in [3.8, 4) is 0 Å². The van der Waals surface area contributed by atoms with Crippen molar-refractivity contribution in [2.45, 2.75) is 12.8 Å². The number of nitrogens with zero attached hydrogens (tertiary/aromatic N) is 5. The van der Waals surface area contributed by atoms with Gasteiger partial charge in [-0.25, -0.2) is 4.98 Å². The molecule has 3 heterocycles. The minimum absolute atomic E-state index is 0.220. The minimum atomic E-state index is 0.220. The fraction of sp³-hybridized carbons (Fsp3) is 0.474. The SMILES string of the molecule is Cn1ccnc1N1CCN(CC(=O)N2CCCc3ccccc32)CC1. The first-order valence-corrected chi connectivity index (χ1v) is 9.05. The summed E-state index contributed by atoms with van der Waals surface area (Å²) < 4.78 is 2.05. The Morgan fingerprint density at radius 3 is 2.68 bits per heavy atom. The Morgan fingerprint density at radius 1 is 1.12 bits per heavy atom. The van der Waals surface area contributed by atoms with Gasteiger partial charge in [0.15, 0.2) is 0 Å². The van der Waals surface area contributed by atoms with Crippen LogP contribution >= 0.6 is 0 Å². The first-order valence-electron chi connectivity index (χ1n) is 9.05. The topological polar surface area (TPSA) is 44.6 Å². The van der Waals surface area contributed by atoms with Gasteiger partial charge in [0.05, 0.1) is 6.54 Å². The van der Waals surface area contributed by atoms with Crippen LogP contribution in [0.4, 0.5) is 11.6 Å². The standard InChI is InChI=1S/C19H25N5O/c1-21-10-8-20-19(21)23-13-11-22(12-14-23)15-18(25)24-9-4-6-16-5-2-3-7-17(16)24/h2-3,5,7-8,10H,4,6,9,11-15H2,1H3. The maximum atomic E-state index is 12.8. The van der Waals surface area contributed by atoms with Crippen LogP contribution in [0.2, 0.25) is 0 Å². The lowest BCUT2D eigenvalue weighted by Crippen LogP contribution is -2.51. The fourth-order valence-corrected chi connectivity index (χ4v) is 3.84. The van der Waals surface area contributed by atoms with E-state index >= 15 is 0 Å². The number of carbonyl (C=O) groups is 1. The highest BCUT2D eigenvalue weighted by atomic mass is 16.2. The molecule has 0 spiro atoms. The molecule has 2 aromatic rings. The third-order valence-corrected chi connectivity index (χ3v) is 5.22. The van der Waals surface area contributed by atoms with E-state index in [-0.39, 0.29) is 5.91 Å². The summed E-state index contributed by atoms with van der Waals surface area (Å²) in [4.78, 5) is 23.8. The van der Waals surface area contributed by atoms with E-state index in [4.69, 9.17) is 0 Å². The number of carbonyl (C=O) groups excluding carboxylic acids is 1. The number of aryl methyl sites for hydroxylation is 2. The van der Waals surface area contributed by atoms with Crippen LogP contribution in [0.5, 0.6) is 0 Å². The summed E-state index contributed by atoms with van der Waals surface area (Å²) in [6.07, 6.45) is 5.93. The number of hydrogen-bond acceptors (Lipinski definition) is 4. The van der Waals surface area contributed by atoms with Crippen molar-refractivity contribution in [2.75, 3.05) is 49.1 Å². The molecule has 1 aromatic heterocycles. The number of anilines is 2. The molecule has 6 heteroatoms. The number of hydrogen-bond donors (Lipinski definition) is 0. The number of aromatic nitrogens is 2. The van der Waals surface area contributed by atoms with Gasteiger partial charge in [0.25, 0.3) is 0 Å². The summed E-state index contributed by atoms with van der Waals surface area (Å²) >= 11 is 0. The lowest BCUT2D eigenvalue weighted by molar-refractivity contribution is -0.119. The fourth-order valence-electron chi connectivity index (χ4n) is 3.84. The summed E-state index contributed by atoms with van der Waals surface area (Å²) in [6.45, 7) is 4.96. The van der Waals surface area contributed by atoms with Crippen LogP contribution in [0.25, 0.3) is 0 Å². The molecule has 0 unspecified atom stereocenters. The van der Waals surface area contributed by atoms with E-state index in [1.165, 1.54) is 5.56 Å². The molecule has 0 bridgehead atoms. The smallest absolute Gasteiger partial charge is 0.241 e. The third kappa shape index (κ3) is 3.26. The molecule has 0 aliphatic carbocycles. The Hall–Kier alpha value is -2.34. The van der Waals surface area contributed by atoms with E-state index in [9.17, 15) is 4.79 Å². The number of para-hydroxylation sites is 1. The van der Waals surface area contributed by atoms with Gasteiger partial charge in [0.1, 0.15) is 0 Å². The van der Waals surface area contributed by atoms with Gasteiger partial charge >= 0.3 is 0 Å². The van der Waals surface area contributed by atoms with Gasteiger partial charge in [0, 0.05) is 57.9 Å². The predicted octanol–water partition coefficient (Wildman–Crippen LogP) is 1.52. The summed E-state index contributed by atoms with van der Waals surface area (Å²) in [5.41, 5.74) is 2.40. The lowest BCUT2D eigenvalue weighted by atomic mass is 10.0. The Labute approximate surface area is 148 Å². The second-order valence-electron chi connectivity index (χ2n) is 6.88. The Balaban J connectivity index is 1.36. The molecular formula is C19H25N5O. The van der Waals surface area contributed by atoms with Gasteiger partial charge in [-0.2, -0.15) is 0 Å². The molecule has 0 radical (unpaired) electrons. The molecule has 1 saturated heterocycles. The van der Waals surface area contributed by atoms with E-state index in [1.807, 2.05) is 35.0 Å². The Morgan fingerprint density at radius 2 is 1.92 bits per heavy atom. The second kappa shape index (κ2) is 6.88. The molecule has 2 aliphatic rings. The molecule has 132 valence electrons. The minimum Gasteiger partial charge on any atom is -0.340 e. The predicted molar refractivity (Wildman–Crippen MR) is 99.0 cm³/mol. The largest absolute Gasteiger partial charge is 0.340 e. The molecule has 0 saturated carbocycles. The van der Waals surface area contributed by atoms with Gasteiger partial charge in [-0.1, -0.05) is 18.2 Å². The van der Waals surface area contributed by atoms with Crippen LogP contribution in [0.1, 0.15) is 12.0 Å². The molecule has 6 nitrogen and oxygen atoms in total. The third-order valence-electron chi connectivity index (χ3n) is 5.22. The first-order chi connectivity index (χ1) is 12.2. The van der Waals surface area contributed by atoms with Crippen molar-refractivity contribution in [1.82, 2.24) is 14.5 Å². The highest BCUT2D eigenvalue weighted by Gasteiger charge is 2.26. The monoisotopic (exact) mass is 339 g/mol. The van der Waals surface area contributed by atoms with Crippen LogP contribution in [-0.4, -0.2) is 59.6 Å². The molecule has 0 atom stereocenters. The summed E-state index contributed by atoms with van der Waals surface area (Å²) in [5.74, 6) is 1.23. The molecule has 25 heavy (non-hydrogen) atoms. The van der Waals surface area contributed by atoms with E-state index in [0.29, 0.717) is 6.54 Å². The number of rotatable bonds is 3. The average Bonchev–Trinajstić information content (AvgIpc) is 3.08. The molecule has 1 aromatic carbocycles.